The minimum absolute atomic E-state index is 0.0356. The first-order chi connectivity index (χ1) is 10.0. The van der Waals surface area contributed by atoms with E-state index >= 15 is 0 Å². The van der Waals surface area contributed by atoms with E-state index in [2.05, 4.69) is 0 Å². The number of anilines is 1. The van der Waals surface area contributed by atoms with Gasteiger partial charge in [0, 0.05) is 10.6 Å². The van der Waals surface area contributed by atoms with Crippen molar-refractivity contribution >= 4 is 23.3 Å². The lowest BCUT2D eigenvalue weighted by Crippen LogP contribution is -2.10. The molecule has 0 spiro atoms. The van der Waals surface area contributed by atoms with Crippen LogP contribution in [0.2, 0.25) is 5.02 Å². The zero-order valence-electron chi connectivity index (χ0n) is 11.5. The first-order valence-corrected chi connectivity index (χ1v) is 6.92. The second-order valence-electron chi connectivity index (χ2n) is 4.56. The van der Waals surface area contributed by atoms with E-state index in [1.54, 1.807) is 24.3 Å². The summed E-state index contributed by atoms with van der Waals surface area (Å²) in [5, 5.41) is 0.566. The Hall–Kier alpha value is -2.07. The van der Waals surface area contributed by atoms with E-state index in [1.807, 2.05) is 6.92 Å². The summed E-state index contributed by atoms with van der Waals surface area (Å²) >= 11 is 5.83. The number of esters is 1. The van der Waals surface area contributed by atoms with E-state index in [-0.39, 0.29) is 17.9 Å². The molecule has 0 atom stereocenters. The van der Waals surface area contributed by atoms with Crippen molar-refractivity contribution < 1.29 is 13.9 Å². The molecule has 0 saturated carbocycles. The Labute approximate surface area is 127 Å². The van der Waals surface area contributed by atoms with Gasteiger partial charge in [-0.15, -0.1) is 0 Å². The molecule has 0 amide bonds. The highest BCUT2D eigenvalue weighted by Gasteiger charge is 2.17. The van der Waals surface area contributed by atoms with Gasteiger partial charge in [-0.1, -0.05) is 30.7 Å². The van der Waals surface area contributed by atoms with Crippen molar-refractivity contribution in [3.05, 3.63) is 52.8 Å². The number of rotatable bonds is 4. The molecule has 0 bridgehead atoms. The minimum atomic E-state index is -0.621. The van der Waals surface area contributed by atoms with Gasteiger partial charge in [-0.05, 0) is 36.2 Å². The summed E-state index contributed by atoms with van der Waals surface area (Å²) in [6.07, 6.45) is 0.686. The van der Waals surface area contributed by atoms with Crippen LogP contribution < -0.4 is 5.73 Å². The number of ether oxygens (including phenoxy) is 1. The number of hydrogen-bond acceptors (Lipinski definition) is 3. The number of nitrogens with two attached hydrogens (primary N) is 1. The zero-order valence-corrected chi connectivity index (χ0v) is 12.3. The molecule has 3 nitrogen and oxygen atoms in total. The van der Waals surface area contributed by atoms with Crippen LogP contribution in [0.4, 0.5) is 10.1 Å². The van der Waals surface area contributed by atoms with Gasteiger partial charge in [0.1, 0.15) is 5.82 Å². The molecule has 2 rings (SSSR count). The second-order valence-corrected chi connectivity index (χ2v) is 4.99. The number of benzene rings is 2. The van der Waals surface area contributed by atoms with E-state index in [0.717, 1.165) is 6.07 Å². The molecule has 2 N–H and O–H groups in total. The summed E-state index contributed by atoms with van der Waals surface area (Å²) in [6.45, 7) is 2.15. The Bertz CT molecular complexity index is 656. The summed E-state index contributed by atoms with van der Waals surface area (Å²) in [6, 6.07) is 9.16. The van der Waals surface area contributed by atoms with Gasteiger partial charge >= 0.3 is 5.97 Å². The number of nitrogen functional groups attached to an aromatic ring is 1. The van der Waals surface area contributed by atoms with Crippen LogP contribution in [0, 0.1) is 5.82 Å². The summed E-state index contributed by atoms with van der Waals surface area (Å²) in [7, 11) is 0. The van der Waals surface area contributed by atoms with Gasteiger partial charge < -0.3 is 10.5 Å². The summed E-state index contributed by atoms with van der Waals surface area (Å²) < 4.78 is 18.8. The summed E-state index contributed by atoms with van der Waals surface area (Å²) in [5.41, 5.74) is 7.35. The van der Waals surface area contributed by atoms with Crippen LogP contribution >= 0.6 is 11.6 Å². The highest BCUT2D eigenvalue weighted by molar-refractivity contribution is 6.30. The molecule has 2 aromatic rings. The fourth-order valence-corrected chi connectivity index (χ4v) is 2.05. The van der Waals surface area contributed by atoms with E-state index in [0.29, 0.717) is 22.6 Å². The molecule has 0 aliphatic rings. The maximum absolute atomic E-state index is 13.8. The molecule has 2 aromatic carbocycles. The van der Waals surface area contributed by atoms with Crippen LogP contribution in [0.3, 0.4) is 0 Å². The first-order valence-electron chi connectivity index (χ1n) is 6.55. The van der Waals surface area contributed by atoms with Crippen molar-refractivity contribution in [1.82, 2.24) is 0 Å². The molecular formula is C16H15ClFNO2. The molecule has 0 unspecified atom stereocenters. The van der Waals surface area contributed by atoms with E-state index in [1.165, 1.54) is 6.07 Å². The molecule has 110 valence electrons. The highest BCUT2D eigenvalue weighted by atomic mass is 35.5. The normalized spacial score (nSPS) is 10.4. The maximum Gasteiger partial charge on any atom is 0.340 e. The van der Waals surface area contributed by atoms with Crippen molar-refractivity contribution in [2.75, 3.05) is 12.3 Å². The van der Waals surface area contributed by atoms with Crippen molar-refractivity contribution in [2.45, 2.75) is 13.3 Å². The lowest BCUT2D eigenvalue weighted by molar-refractivity contribution is 0.0506. The molecular weight excluding hydrogens is 293 g/mol. The van der Waals surface area contributed by atoms with Gasteiger partial charge in [0.15, 0.2) is 0 Å². The highest BCUT2D eigenvalue weighted by Crippen LogP contribution is 2.31. The Morgan fingerprint density at radius 1 is 1.29 bits per heavy atom. The SMILES string of the molecule is CCCOC(=O)c1cc(F)cc(-c2ccc(Cl)cc2)c1N. The lowest BCUT2D eigenvalue weighted by atomic mass is 10.00. The van der Waals surface area contributed by atoms with Crippen LogP contribution in [-0.4, -0.2) is 12.6 Å². The molecule has 0 radical (unpaired) electrons. The van der Waals surface area contributed by atoms with Crippen LogP contribution in [-0.2, 0) is 4.74 Å². The standard InChI is InChI=1S/C16H15ClFNO2/c1-2-7-21-16(20)14-9-12(18)8-13(15(14)19)10-3-5-11(17)6-4-10/h3-6,8-9H,2,7,19H2,1H3. The van der Waals surface area contributed by atoms with Crippen molar-refractivity contribution in [1.29, 1.82) is 0 Å². The van der Waals surface area contributed by atoms with Crippen LogP contribution in [0.5, 0.6) is 0 Å². The van der Waals surface area contributed by atoms with Gasteiger partial charge in [0.2, 0.25) is 0 Å². The molecule has 0 saturated heterocycles. The summed E-state index contributed by atoms with van der Waals surface area (Å²) in [4.78, 5) is 11.9. The van der Waals surface area contributed by atoms with Crippen LogP contribution in [0.25, 0.3) is 11.1 Å². The Kier molecular flexibility index (Phi) is 4.81. The number of hydrogen-bond donors (Lipinski definition) is 1. The number of carbonyl (C=O) groups is 1. The van der Waals surface area contributed by atoms with Gasteiger partial charge in [-0.3, -0.25) is 0 Å². The fourth-order valence-electron chi connectivity index (χ4n) is 1.93. The van der Waals surface area contributed by atoms with Crippen molar-refractivity contribution in [3.8, 4) is 11.1 Å². The first kappa shape index (κ1) is 15.3. The van der Waals surface area contributed by atoms with Gasteiger partial charge in [0.05, 0.1) is 17.9 Å². The maximum atomic E-state index is 13.8. The quantitative estimate of drug-likeness (QED) is 0.677. The minimum Gasteiger partial charge on any atom is -0.462 e. The average molecular weight is 308 g/mol. The van der Waals surface area contributed by atoms with E-state index in [4.69, 9.17) is 22.1 Å². The average Bonchev–Trinajstić information content (AvgIpc) is 2.47. The smallest absolute Gasteiger partial charge is 0.340 e. The van der Waals surface area contributed by atoms with Crippen LogP contribution in [0.1, 0.15) is 23.7 Å². The molecule has 0 aliphatic heterocycles. The number of halogens is 2. The Morgan fingerprint density at radius 3 is 2.57 bits per heavy atom. The fraction of sp³-hybridized carbons (Fsp3) is 0.188. The van der Waals surface area contributed by atoms with Crippen molar-refractivity contribution in [3.63, 3.8) is 0 Å². The lowest BCUT2D eigenvalue weighted by Gasteiger charge is -2.11. The number of carbonyl (C=O) groups excluding carboxylic acids is 1. The molecule has 21 heavy (non-hydrogen) atoms. The van der Waals surface area contributed by atoms with Gasteiger partial charge in [-0.2, -0.15) is 0 Å². The third kappa shape index (κ3) is 3.52. The Morgan fingerprint density at radius 2 is 1.95 bits per heavy atom. The monoisotopic (exact) mass is 307 g/mol. The largest absolute Gasteiger partial charge is 0.462 e. The molecule has 0 aliphatic carbocycles. The van der Waals surface area contributed by atoms with Crippen molar-refractivity contribution in [2.24, 2.45) is 0 Å². The third-order valence-electron chi connectivity index (χ3n) is 2.96. The molecule has 0 aromatic heterocycles. The predicted molar refractivity (Wildman–Crippen MR) is 81.8 cm³/mol. The topological polar surface area (TPSA) is 52.3 Å². The zero-order chi connectivity index (χ0) is 15.4. The molecule has 5 heteroatoms. The third-order valence-corrected chi connectivity index (χ3v) is 3.21. The molecule has 0 fully saturated rings. The Balaban J connectivity index is 2.46. The molecule has 0 heterocycles. The van der Waals surface area contributed by atoms with E-state index < -0.39 is 11.8 Å². The predicted octanol–water partition coefficient (Wildman–Crippen LogP) is 4.30. The van der Waals surface area contributed by atoms with E-state index in [9.17, 15) is 9.18 Å². The van der Waals surface area contributed by atoms with Gasteiger partial charge in [-0.25, -0.2) is 9.18 Å². The van der Waals surface area contributed by atoms with Crippen LogP contribution in [0.15, 0.2) is 36.4 Å². The second kappa shape index (κ2) is 6.59. The van der Waals surface area contributed by atoms with Gasteiger partial charge in [0.25, 0.3) is 0 Å². The summed E-state index contributed by atoms with van der Waals surface area (Å²) in [5.74, 6) is -1.17.